The van der Waals surface area contributed by atoms with Gasteiger partial charge in [-0.3, -0.25) is 24.0 Å². The van der Waals surface area contributed by atoms with E-state index in [9.17, 15) is 55.8 Å². The second-order valence-corrected chi connectivity index (χ2v) is 11.4. The number of rotatable bonds is 13. The molecule has 14 nitrogen and oxygen atoms in total. The first kappa shape index (κ1) is 40.5. The van der Waals surface area contributed by atoms with Crippen LogP contribution >= 0.6 is 11.6 Å². The minimum absolute atomic E-state index is 0.0661. The van der Waals surface area contributed by atoms with Gasteiger partial charge in [0.25, 0.3) is 11.7 Å². The summed E-state index contributed by atoms with van der Waals surface area (Å²) in [6.07, 6.45) is -8.78. The largest absolute Gasteiger partial charge is 0.477 e. The summed E-state index contributed by atoms with van der Waals surface area (Å²) in [5.74, 6) is -22.2. The van der Waals surface area contributed by atoms with Crippen molar-refractivity contribution >= 4 is 47.3 Å². The van der Waals surface area contributed by atoms with Crippen LogP contribution in [-0.4, -0.2) is 83.6 Å². The zero-order chi connectivity index (χ0) is 38.4. The molecular weight excluding hydrogens is 723 g/mol. The molecular formula is C31H30ClF5N2O12. The van der Waals surface area contributed by atoms with Crippen molar-refractivity contribution in [2.45, 2.75) is 77.0 Å². The van der Waals surface area contributed by atoms with Gasteiger partial charge in [-0.05, 0) is 24.3 Å². The van der Waals surface area contributed by atoms with Crippen LogP contribution in [0.15, 0.2) is 24.3 Å². The van der Waals surface area contributed by atoms with Gasteiger partial charge in [0.2, 0.25) is 11.7 Å². The van der Waals surface area contributed by atoms with E-state index in [2.05, 4.69) is 10.6 Å². The number of carbonyl (C=O) groups is 6. The first-order valence-corrected chi connectivity index (χ1v) is 15.0. The third kappa shape index (κ3) is 9.89. The molecule has 0 aliphatic carbocycles. The monoisotopic (exact) mass is 752 g/mol. The molecule has 278 valence electrons. The Kier molecular flexibility index (Phi) is 13.4. The first-order valence-electron chi connectivity index (χ1n) is 14.7. The lowest BCUT2D eigenvalue weighted by molar-refractivity contribution is -0.316. The van der Waals surface area contributed by atoms with Crippen LogP contribution in [0.3, 0.4) is 0 Å². The average molecular weight is 753 g/mol. The Morgan fingerprint density at radius 1 is 0.882 bits per heavy atom. The predicted molar refractivity (Wildman–Crippen MR) is 159 cm³/mol. The van der Waals surface area contributed by atoms with Crippen molar-refractivity contribution in [1.82, 2.24) is 10.6 Å². The van der Waals surface area contributed by atoms with Crippen molar-refractivity contribution in [3.63, 3.8) is 0 Å². The molecule has 0 spiro atoms. The number of carboxylic acid groups (broad SMARTS) is 1. The first-order chi connectivity index (χ1) is 23.8. The number of amides is 2. The fourth-order valence-electron chi connectivity index (χ4n) is 5.09. The highest BCUT2D eigenvalue weighted by molar-refractivity contribution is 6.30. The van der Waals surface area contributed by atoms with E-state index in [-0.39, 0.29) is 5.56 Å². The molecule has 2 amide bonds. The van der Waals surface area contributed by atoms with Crippen LogP contribution in [0.5, 0.6) is 0 Å². The lowest BCUT2D eigenvalue weighted by Crippen LogP contribution is -2.69. The zero-order valence-electron chi connectivity index (χ0n) is 27.0. The van der Waals surface area contributed by atoms with Gasteiger partial charge in [0.05, 0.1) is 31.2 Å². The Labute approximate surface area is 290 Å². The maximum atomic E-state index is 14.6. The van der Waals surface area contributed by atoms with Crippen molar-refractivity contribution < 1.29 is 79.5 Å². The molecule has 2 aromatic carbocycles. The highest BCUT2D eigenvalue weighted by Gasteiger charge is 2.59. The number of nitrogens with one attached hydrogen (secondary N) is 2. The molecule has 1 saturated heterocycles. The molecule has 3 rings (SSSR count). The zero-order valence-corrected chi connectivity index (χ0v) is 27.8. The van der Waals surface area contributed by atoms with Crippen LogP contribution < -0.4 is 10.6 Å². The molecule has 0 unspecified atom stereocenters. The topological polar surface area (TPSA) is 193 Å². The molecule has 0 aromatic heterocycles. The Hall–Kier alpha value is -4.88. The van der Waals surface area contributed by atoms with Crippen molar-refractivity contribution in [3.05, 3.63) is 69.5 Å². The SMILES string of the molecule is CC(=O)N[C@H]1[C@H]([C@H](OC(C)=O)[C@@H](CNC(=O)c2ccc(Cl)cc2)OC(C)=O)O[C@@](OCc2c(F)c(F)c(F)c(F)c2F)(C(=O)O)C[C@@H]1OC(C)=O. The summed E-state index contributed by atoms with van der Waals surface area (Å²) in [5.41, 5.74) is -1.55. The van der Waals surface area contributed by atoms with Crippen molar-refractivity contribution in [1.29, 1.82) is 0 Å². The highest BCUT2D eigenvalue weighted by Crippen LogP contribution is 2.38. The normalized spacial score (nSPS) is 21.1. The summed E-state index contributed by atoms with van der Waals surface area (Å²) in [6.45, 7) is 1.32. The number of hydrogen-bond acceptors (Lipinski definition) is 11. The van der Waals surface area contributed by atoms with Gasteiger partial charge in [0.15, 0.2) is 35.5 Å². The van der Waals surface area contributed by atoms with E-state index >= 15 is 0 Å². The van der Waals surface area contributed by atoms with Crippen molar-refractivity contribution in [2.75, 3.05) is 6.54 Å². The molecule has 0 bridgehead atoms. The molecule has 51 heavy (non-hydrogen) atoms. The van der Waals surface area contributed by atoms with Crippen LogP contribution in [-0.2, 0) is 54.3 Å². The van der Waals surface area contributed by atoms with Gasteiger partial charge in [-0.25, -0.2) is 26.7 Å². The lowest BCUT2D eigenvalue weighted by Gasteiger charge is -2.48. The Morgan fingerprint density at radius 3 is 1.92 bits per heavy atom. The van der Waals surface area contributed by atoms with Crippen LogP contribution in [0.2, 0.25) is 5.02 Å². The van der Waals surface area contributed by atoms with Crippen molar-refractivity contribution in [2.24, 2.45) is 0 Å². The van der Waals surface area contributed by atoms with E-state index in [0.29, 0.717) is 5.02 Å². The number of ether oxygens (including phenoxy) is 5. The van der Waals surface area contributed by atoms with Crippen LogP contribution in [0.1, 0.15) is 50.0 Å². The van der Waals surface area contributed by atoms with Gasteiger partial charge in [-0.1, -0.05) is 11.6 Å². The molecule has 20 heteroatoms. The van der Waals surface area contributed by atoms with E-state index in [1.807, 2.05) is 0 Å². The minimum Gasteiger partial charge on any atom is -0.477 e. The molecule has 1 heterocycles. The standard InChI is InChI=1S/C31H30ClF5N2O12/c1-12(40)39-26-19(48-13(2)41)9-31(30(45)46,47-11-18-21(33)23(35)25(37)24(36)22(18)34)51-28(26)27(50-15(4)43)20(49-14(3)42)10-38-29(44)16-5-7-17(32)8-6-16/h5-8,19-20,26-28H,9-11H2,1-4H3,(H,38,44)(H,39,40)(H,45,46)/t19-,20+,26+,27+,28+,31+/m0/s1. The summed E-state index contributed by atoms with van der Waals surface area (Å²) in [7, 11) is 0. The van der Waals surface area contributed by atoms with Gasteiger partial charge < -0.3 is 39.4 Å². The summed E-state index contributed by atoms with van der Waals surface area (Å²) >= 11 is 5.86. The molecule has 3 N–H and O–H groups in total. The number of halogens is 6. The van der Waals surface area contributed by atoms with Crippen LogP contribution in [0.25, 0.3) is 0 Å². The van der Waals surface area contributed by atoms with Gasteiger partial charge >= 0.3 is 23.9 Å². The number of aliphatic carboxylic acids is 1. The van der Waals surface area contributed by atoms with Gasteiger partial charge in [-0.15, -0.1) is 0 Å². The quantitative estimate of drug-likeness (QED) is 0.0893. The number of hydrogen-bond donors (Lipinski definition) is 3. The Bertz CT molecular complexity index is 1670. The highest BCUT2D eigenvalue weighted by atomic mass is 35.5. The van der Waals surface area contributed by atoms with E-state index in [4.69, 9.17) is 35.3 Å². The molecule has 0 saturated carbocycles. The molecule has 1 aliphatic heterocycles. The Balaban J connectivity index is 2.16. The molecule has 2 aromatic rings. The molecule has 6 atom stereocenters. The summed E-state index contributed by atoms with van der Waals surface area (Å²) in [6, 6.07) is 3.79. The van der Waals surface area contributed by atoms with E-state index < -0.39 is 126 Å². The van der Waals surface area contributed by atoms with Crippen LogP contribution in [0, 0.1) is 29.1 Å². The second-order valence-electron chi connectivity index (χ2n) is 11.0. The number of carboxylic acids is 1. The van der Waals surface area contributed by atoms with Gasteiger partial charge in [0, 0.05) is 38.3 Å². The fraction of sp³-hybridized carbons (Fsp3) is 0.419. The summed E-state index contributed by atoms with van der Waals surface area (Å²) in [4.78, 5) is 74.9. The van der Waals surface area contributed by atoms with Crippen LogP contribution in [0.4, 0.5) is 22.0 Å². The van der Waals surface area contributed by atoms with E-state index in [1.165, 1.54) is 24.3 Å². The van der Waals surface area contributed by atoms with Crippen molar-refractivity contribution in [3.8, 4) is 0 Å². The Morgan fingerprint density at radius 2 is 1.43 bits per heavy atom. The fourth-order valence-corrected chi connectivity index (χ4v) is 5.22. The smallest absolute Gasteiger partial charge is 0.364 e. The summed E-state index contributed by atoms with van der Waals surface area (Å²) < 4.78 is 97.6. The minimum atomic E-state index is -3.22. The predicted octanol–water partition coefficient (Wildman–Crippen LogP) is 2.85. The third-order valence-electron chi connectivity index (χ3n) is 7.19. The number of benzene rings is 2. The van der Waals surface area contributed by atoms with Gasteiger partial charge in [0.1, 0.15) is 12.2 Å². The van der Waals surface area contributed by atoms with Gasteiger partial charge in [-0.2, -0.15) is 0 Å². The number of carbonyl (C=O) groups excluding carboxylic acids is 5. The average Bonchev–Trinajstić information content (AvgIpc) is 3.04. The summed E-state index contributed by atoms with van der Waals surface area (Å²) in [5, 5.41) is 15.4. The number of esters is 3. The lowest BCUT2D eigenvalue weighted by atomic mass is 9.87. The molecule has 1 fully saturated rings. The maximum Gasteiger partial charge on any atom is 0.364 e. The van der Waals surface area contributed by atoms with E-state index in [0.717, 1.165) is 27.7 Å². The second kappa shape index (κ2) is 16.9. The van der Waals surface area contributed by atoms with E-state index in [1.54, 1.807) is 0 Å². The molecule has 1 aliphatic rings. The maximum absolute atomic E-state index is 14.6. The molecule has 0 radical (unpaired) electrons. The third-order valence-corrected chi connectivity index (χ3v) is 7.45.